The van der Waals surface area contributed by atoms with Crippen LogP contribution in [0.15, 0.2) is 29.1 Å². The quantitative estimate of drug-likeness (QED) is 0.706. The van der Waals surface area contributed by atoms with Crippen LogP contribution >= 0.6 is 0 Å². The minimum atomic E-state index is -4.26. The molecular formula is C8H9FO3S. The Morgan fingerprint density at radius 2 is 2.23 bits per heavy atom. The van der Waals surface area contributed by atoms with Gasteiger partial charge in [-0.2, -0.15) is 8.42 Å². The fourth-order valence-corrected chi connectivity index (χ4v) is 1.37. The molecule has 0 amide bonds. The lowest BCUT2D eigenvalue weighted by atomic mass is 10.2. The van der Waals surface area contributed by atoms with E-state index in [-0.39, 0.29) is 6.04 Å². The monoisotopic (exact) mass is 206 g/mol. The number of rotatable bonds is 3. The van der Waals surface area contributed by atoms with E-state index >= 15 is 0 Å². The highest BCUT2D eigenvalue weighted by Gasteiger charge is 2.13. The summed E-state index contributed by atoms with van der Waals surface area (Å²) >= 11 is 0. The van der Waals surface area contributed by atoms with Crippen LogP contribution in [0.2, 0.25) is 0 Å². The first-order valence-electron chi connectivity index (χ1n) is 4.42. The number of hydrogen-bond donors (Lipinski definition) is 0. The Bertz CT molecular complexity index is 473. The molecule has 13 heavy (non-hydrogen) atoms. The highest BCUT2D eigenvalue weighted by molar-refractivity contribution is 7.86. The Hall–Kier alpha value is -0.940. The average Bonchev–Trinajstić information content (AvgIpc) is 2.13. The van der Waals surface area contributed by atoms with Crippen molar-refractivity contribution in [3.63, 3.8) is 0 Å². The third kappa shape index (κ3) is 2.50. The Morgan fingerprint density at radius 3 is 2.85 bits per heavy atom. The zero-order chi connectivity index (χ0) is 11.6. The van der Waals surface area contributed by atoms with E-state index in [0.29, 0.717) is 5.56 Å². The molecule has 0 fully saturated rings. The first-order chi connectivity index (χ1) is 6.90. The van der Waals surface area contributed by atoms with Crippen molar-refractivity contribution in [2.45, 2.75) is 11.8 Å². The van der Waals surface area contributed by atoms with E-state index in [4.69, 9.17) is 2.74 Å². The lowest BCUT2D eigenvalue weighted by molar-refractivity contribution is 0.198. The maximum atomic E-state index is 11.8. The van der Waals surface area contributed by atoms with Gasteiger partial charge in [0.2, 0.25) is 6.86 Å². The van der Waals surface area contributed by atoms with E-state index in [9.17, 15) is 12.8 Å². The molecule has 3 nitrogen and oxygen atoms in total. The van der Waals surface area contributed by atoms with Crippen LogP contribution in [0.1, 0.15) is 8.30 Å². The van der Waals surface area contributed by atoms with Crippen molar-refractivity contribution in [1.82, 2.24) is 0 Å². The summed E-state index contributed by atoms with van der Waals surface area (Å²) in [6.45, 7) is 0.0930. The van der Waals surface area contributed by atoms with E-state index < -0.39 is 27.9 Å². The summed E-state index contributed by atoms with van der Waals surface area (Å²) < 4.78 is 53.0. The van der Waals surface area contributed by atoms with Gasteiger partial charge in [0.05, 0.1) is 7.64 Å². The number of alkyl halides is 1. The fourth-order valence-electron chi connectivity index (χ4n) is 0.712. The molecule has 0 saturated heterocycles. The molecule has 0 spiro atoms. The van der Waals surface area contributed by atoms with Gasteiger partial charge in [-0.25, -0.2) is 8.57 Å². The van der Waals surface area contributed by atoms with Crippen LogP contribution in [0.4, 0.5) is 4.39 Å². The summed E-state index contributed by atoms with van der Waals surface area (Å²) in [5.74, 6) is 0. The van der Waals surface area contributed by atoms with E-state index in [1.54, 1.807) is 6.92 Å². The Morgan fingerprint density at radius 1 is 1.54 bits per heavy atom. The molecule has 0 saturated carbocycles. The predicted molar refractivity (Wildman–Crippen MR) is 45.4 cm³/mol. The van der Waals surface area contributed by atoms with Crippen molar-refractivity contribution >= 4 is 10.1 Å². The predicted octanol–water partition coefficient (Wildman–Crippen LogP) is 1.63. The van der Waals surface area contributed by atoms with Crippen molar-refractivity contribution in [3.05, 3.63) is 29.8 Å². The zero-order valence-corrected chi connectivity index (χ0v) is 7.69. The standard InChI is InChI=1S/C8H9FO3S/c1-7-2-4-8(5-3-7)13(10,11)12-6-9/h2-5H,6H2,1H3/i2D,4D. The second-order valence-electron chi connectivity index (χ2n) is 2.31. The van der Waals surface area contributed by atoms with Gasteiger partial charge in [0.15, 0.2) is 0 Å². The summed E-state index contributed by atoms with van der Waals surface area (Å²) in [4.78, 5) is -0.490. The number of halogens is 1. The van der Waals surface area contributed by atoms with Gasteiger partial charge in [-0.3, -0.25) is 0 Å². The first kappa shape index (κ1) is 7.46. The molecule has 0 N–H and O–H groups in total. The summed E-state index contributed by atoms with van der Waals surface area (Å²) in [7, 11) is -4.26. The van der Waals surface area contributed by atoms with Crippen molar-refractivity contribution < 1.29 is 19.7 Å². The van der Waals surface area contributed by atoms with Crippen LogP contribution < -0.4 is 0 Å². The van der Waals surface area contributed by atoms with Gasteiger partial charge in [-0.1, -0.05) is 17.7 Å². The fraction of sp³-hybridized carbons (Fsp3) is 0.250. The van der Waals surface area contributed by atoms with Gasteiger partial charge in [-0.15, -0.1) is 0 Å². The lowest BCUT2D eigenvalue weighted by Gasteiger charge is -2.01. The van der Waals surface area contributed by atoms with Crippen LogP contribution in [0.5, 0.6) is 0 Å². The Balaban J connectivity index is 3.34. The highest BCUT2D eigenvalue weighted by atomic mass is 32.2. The molecule has 0 radical (unpaired) electrons. The minimum absolute atomic E-state index is 0.210. The highest BCUT2D eigenvalue weighted by Crippen LogP contribution is 2.12. The second-order valence-corrected chi connectivity index (χ2v) is 3.90. The Labute approximate surface area is 79.1 Å². The lowest BCUT2D eigenvalue weighted by Crippen LogP contribution is -2.05. The molecule has 1 rings (SSSR count). The van der Waals surface area contributed by atoms with Gasteiger partial charge in [0.1, 0.15) is 0 Å². The molecule has 72 valence electrons. The van der Waals surface area contributed by atoms with E-state index in [1.165, 1.54) is 6.07 Å². The van der Waals surface area contributed by atoms with Crippen molar-refractivity contribution in [3.8, 4) is 0 Å². The normalized spacial score (nSPS) is 13.7. The molecule has 0 atom stereocenters. The van der Waals surface area contributed by atoms with Crippen molar-refractivity contribution in [1.29, 1.82) is 0 Å². The summed E-state index contributed by atoms with van der Waals surface area (Å²) in [5, 5.41) is 0. The third-order valence-corrected chi connectivity index (χ3v) is 2.51. The van der Waals surface area contributed by atoms with Crippen LogP contribution in [0, 0.1) is 6.92 Å². The summed E-state index contributed by atoms with van der Waals surface area (Å²) in [6.07, 6.45) is 0. The molecule has 0 aromatic heterocycles. The molecule has 0 unspecified atom stereocenters. The van der Waals surface area contributed by atoms with E-state index in [0.717, 1.165) is 6.07 Å². The maximum Gasteiger partial charge on any atom is 0.299 e. The zero-order valence-electron chi connectivity index (χ0n) is 8.87. The minimum Gasteiger partial charge on any atom is -0.232 e. The third-order valence-electron chi connectivity index (χ3n) is 1.34. The van der Waals surface area contributed by atoms with Gasteiger partial charge in [0.25, 0.3) is 10.1 Å². The number of hydrogen-bond acceptors (Lipinski definition) is 3. The van der Waals surface area contributed by atoms with Crippen LogP contribution in [-0.2, 0) is 14.3 Å². The molecule has 0 aliphatic carbocycles. The van der Waals surface area contributed by atoms with Crippen LogP contribution in [0.3, 0.4) is 0 Å². The van der Waals surface area contributed by atoms with Crippen LogP contribution in [-0.4, -0.2) is 15.3 Å². The van der Waals surface area contributed by atoms with Gasteiger partial charge in [-0.05, 0) is 19.0 Å². The molecule has 0 aliphatic heterocycles. The van der Waals surface area contributed by atoms with Crippen molar-refractivity contribution in [2.75, 3.05) is 6.86 Å². The summed E-state index contributed by atoms with van der Waals surface area (Å²) in [6, 6.07) is 1.80. The summed E-state index contributed by atoms with van der Waals surface area (Å²) in [5.41, 5.74) is 0.471. The second kappa shape index (κ2) is 3.85. The average molecular weight is 206 g/mol. The van der Waals surface area contributed by atoms with Gasteiger partial charge >= 0.3 is 0 Å². The topological polar surface area (TPSA) is 43.4 Å². The van der Waals surface area contributed by atoms with Crippen molar-refractivity contribution in [2.24, 2.45) is 0 Å². The molecule has 0 bridgehead atoms. The van der Waals surface area contributed by atoms with Crippen LogP contribution in [0.25, 0.3) is 0 Å². The number of aryl methyl sites for hydroxylation is 1. The van der Waals surface area contributed by atoms with E-state index in [2.05, 4.69) is 4.18 Å². The Kier molecular flexibility index (Phi) is 2.21. The smallest absolute Gasteiger partial charge is 0.232 e. The largest absolute Gasteiger partial charge is 0.299 e. The van der Waals surface area contributed by atoms with Gasteiger partial charge in [0, 0.05) is 0 Å². The number of benzene rings is 1. The SMILES string of the molecule is [2H]c1c(C)ccc(S(=O)(=O)OCF)c1[2H]. The molecule has 0 aliphatic rings. The molecule has 1 aromatic carbocycles. The first-order valence-corrected chi connectivity index (χ1v) is 4.83. The molecular weight excluding hydrogens is 195 g/mol. The van der Waals surface area contributed by atoms with E-state index in [1.807, 2.05) is 0 Å². The molecule has 0 heterocycles. The molecule has 5 heteroatoms. The molecule has 1 aromatic rings. The maximum absolute atomic E-state index is 11.8. The van der Waals surface area contributed by atoms with Gasteiger partial charge < -0.3 is 0 Å².